The molecular formula is C3H6NO7P3. The van der Waals surface area contributed by atoms with Crippen LogP contribution >= 0.6 is 24.1 Å². The lowest BCUT2D eigenvalue weighted by Gasteiger charge is -2.20. The summed E-state index contributed by atoms with van der Waals surface area (Å²) < 4.78 is 31.4. The van der Waals surface area contributed by atoms with E-state index in [4.69, 9.17) is 10.8 Å². The fourth-order valence-electron chi connectivity index (χ4n) is 0.559. The monoisotopic (exact) mass is 261 g/mol. The third kappa shape index (κ3) is 2.03. The number of rotatable bonds is 4. The van der Waals surface area contributed by atoms with Gasteiger partial charge in [-0.05, 0) is 0 Å². The van der Waals surface area contributed by atoms with Crippen LogP contribution in [0.3, 0.4) is 0 Å². The molecule has 3 N–H and O–H groups in total. The Labute approximate surface area is 81.4 Å². The first kappa shape index (κ1) is 14.1. The van der Waals surface area contributed by atoms with Crippen molar-refractivity contribution in [1.29, 1.82) is 0 Å². The first-order valence-electron chi connectivity index (χ1n) is 3.03. The summed E-state index contributed by atoms with van der Waals surface area (Å²) in [4.78, 5) is 31.4. The van der Waals surface area contributed by atoms with Gasteiger partial charge in [-0.2, -0.15) is 0 Å². The summed E-state index contributed by atoms with van der Waals surface area (Å²) in [7, 11) is -11.5. The molecule has 0 saturated carbocycles. The van der Waals surface area contributed by atoms with Crippen LogP contribution in [-0.2, 0) is 13.7 Å². The quantitative estimate of drug-likeness (QED) is 0.528. The number of hydrogen-bond donors (Lipinski definition) is 2. The van der Waals surface area contributed by atoms with Gasteiger partial charge in [-0.1, -0.05) is 13.7 Å². The highest BCUT2D eigenvalue weighted by Gasteiger charge is 2.75. The van der Waals surface area contributed by atoms with E-state index < -0.39 is 34.4 Å². The van der Waals surface area contributed by atoms with Gasteiger partial charge in [0.05, 0.1) is 0 Å². The van der Waals surface area contributed by atoms with Crippen LogP contribution in [0, 0.1) is 0 Å². The Morgan fingerprint density at radius 1 is 1.07 bits per heavy atom. The Bertz CT molecular complexity index is 287. The van der Waals surface area contributed by atoms with E-state index in [1.165, 1.54) is 0 Å². The average Bonchev–Trinajstić information content (AvgIpc) is 2.01. The third-order valence-electron chi connectivity index (χ3n) is 1.57. The maximum Gasteiger partial charge on any atom is 0.505 e. The van der Waals surface area contributed by atoms with E-state index in [0.29, 0.717) is 6.92 Å². The summed E-state index contributed by atoms with van der Waals surface area (Å²) in [6.07, 6.45) is 0. The van der Waals surface area contributed by atoms with Crippen LogP contribution in [0.4, 0.5) is 0 Å². The Balaban J connectivity index is 5.55. The topological polar surface area (TPSA) is 167 Å². The zero-order valence-corrected chi connectivity index (χ0v) is 9.50. The largest absolute Gasteiger partial charge is 0.594 e. The molecule has 0 heterocycles. The molecule has 4 atom stereocenters. The van der Waals surface area contributed by atoms with Gasteiger partial charge in [-0.25, -0.2) is 0 Å². The Kier molecular flexibility index (Phi) is 4.34. The molecule has 0 spiro atoms. The fraction of sp³-hybridized carbons (Fsp3) is 1.00. The molecule has 8 nitrogen and oxygen atoms in total. The highest BCUT2D eigenvalue weighted by atomic mass is 31.2. The minimum atomic E-state index is -3.96. The van der Waals surface area contributed by atoms with Gasteiger partial charge in [0, 0.05) is 6.92 Å². The van der Waals surface area contributed by atoms with Gasteiger partial charge in [-0.3, -0.25) is 5.73 Å². The summed E-state index contributed by atoms with van der Waals surface area (Å²) in [6, 6.07) is 0. The van der Waals surface area contributed by atoms with Crippen LogP contribution in [0.5, 0.6) is 0 Å². The SMILES string of the molecule is CC(N)([P+](=O)[O-])C(O)([P+](=O)[O-])[P+](=O)[O-]. The summed E-state index contributed by atoms with van der Waals surface area (Å²) in [6.45, 7) is 0.592. The molecule has 0 bridgehead atoms. The average molecular weight is 261 g/mol. The smallest absolute Gasteiger partial charge is 0.505 e. The zero-order chi connectivity index (χ0) is 11.7. The van der Waals surface area contributed by atoms with Gasteiger partial charge in [0.25, 0.3) is 0 Å². The minimum absolute atomic E-state index is 0.592. The molecule has 80 valence electrons. The number of aliphatic hydroxyl groups is 1. The van der Waals surface area contributed by atoms with Crippen molar-refractivity contribution in [2.75, 3.05) is 0 Å². The first-order valence-corrected chi connectivity index (χ1v) is 6.56. The molecule has 0 amide bonds. The van der Waals surface area contributed by atoms with Gasteiger partial charge in [0.15, 0.2) is 0 Å². The van der Waals surface area contributed by atoms with E-state index >= 15 is 0 Å². The van der Waals surface area contributed by atoms with E-state index in [2.05, 4.69) is 0 Å². The second-order valence-corrected chi connectivity index (χ2v) is 6.67. The molecular weight excluding hydrogens is 255 g/mol. The minimum Gasteiger partial charge on any atom is -0.594 e. The molecule has 0 aromatic rings. The van der Waals surface area contributed by atoms with Crippen molar-refractivity contribution in [3.8, 4) is 0 Å². The Morgan fingerprint density at radius 2 is 1.36 bits per heavy atom. The second kappa shape index (κ2) is 4.31. The van der Waals surface area contributed by atoms with Gasteiger partial charge >= 0.3 is 34.4 Å². The molecule has 11 heteroatoms. The molecule has 0 aliphatic heterocycles. The summed E-state index contributed by atoms with van der Waals surface area (Å²) in [5.74, 6) is 0. The molecule has 0 radical (unpaired) electrons. The van der Waals surface area contributed by atoms with E-state index in [1.54, 1.807) is 0 Å². The normalized spacial score (nSPS) is 23.1. The highest BCUT2D eigenvalue weighted by molar-refractivity contribution is 7.59. The number of hydrogen-bond acceptors (Lipinski definition) is 8. The fourth-order valence-corrected chi connectivity index (χ4v) is 3.06. The predicted octanol–water partition coefficient (Wildman–Crippen LogP) is -2.38. The van der Waals surface area contributed by atoms with Crippen LogP contribution in [0.1, 0.15) is 6.92 Å². The van der Waals surface area contributed by atoms with Crippen LogP contribution < -0.4 is 20.4 Å². The first-order chi connectivity index (χ1) is 6.08. The van der Waals surface area contributed by atoms with Crippen molar-refractivity contribution in [1.82, 2.24) is 0 Å². The third-order valence-corrected chi connectivity index (χ3v) is 5.93. The molecule has 0 rings (SSSR count). The Hall–Kier alpha value is 0.1000. The molecule has 14 heavy (non-hydrogen) atoms. The van der Waals surface area contributed by atoms with Crippen molar-refractivity contribution in [3.05, 3.63) is 0 Å². The van der Waals surface area contributed by atoms with Gasteiger partial charge in [0.1, 0.15) is 0 Å². The summed E-state index contributed by atoms with van der Waals surface area (Å²) in [5, 5.41) is 2.88. The van der Waals surface area contributed by atoms with Crippen molar-refractivity contribution < 1.29 is 33.5 Å². The van der Waals surface area contributed by atoms with Crippen molar-refractivity contribution in [2.24, 2.45) is 5.73 Å². The van der Waals surface area contributed by atoms with E-state index in [0.717, 1.165) is 0 Å². The summed E-state index contributed by atoms with van der Waals surface area (Å²) >= 11 is 0. The lowest BCUT2D eigenvalue weighted by molar-refractivity contribution is -0.200. The van der Waals surface area contributed by atoms with Crippen molar-refractivity contribution in [2.45, 2.75) is 17.3 Å². The molecule has 0 fully saturated rings. The molecule has 0 aromatic carbocycles. The lowest BCUT2D eigenvalue weighted by Crippen LogP contribution is -2.55. The van der Waals surface area contributed by atoms with E-state index in [1.807, 2.05) is 0 Å². The zero-order valence-electron chi connectivity index (χ0n) is 6.82. The van der Waals surface area contributed by atoms with Gasteiger partial charge < -0.3 is 19.8 Å². The maximum atomic E-state index is 10.5. The van der Waals surface area contributed by atoms with Crippen molar-refractivity contribution >= 4 is 24.1 Å². The van der Waals surface area contributed by atoms with Crippen molar-refractivity contribution in [3.63, 3.8) is 0 Å². The highest BCUT2D eigenvalue weighted by Crippen LogP contribution is 2.56. The van der Waals surface area contributed by atoms with E-state index in [9.17, 15) is 28.4 Å². The summed E-state index contributed by atoms with van der Waals surface area (Å²) in [5.41, 5.74) is 4.93. The molecule has 0 aliphatic rings. The van der Waals surface area contributed by atoms with E-state index in [-0.39, 0.29) is 0 Å². The van der Waals surface area contributed by atoms with Gasteiger partial charge in [-0.15, -0.1) is 0 Å². The molecule has 0 saturated heterocycles. The van der Waals surface area contributed by atoms with Crippen LogP contribution in [-0.4, -0.2) is 15.5 Å². The van der Waals surface area contributed by atoms with Crippen LogP contribution in [0.2, 0.25) is 0 Å². The standard InChI is InChI=1S/C3H6NO7P3/c1-2(4,12(6)7)3(5,13(8)9)14(10)11/h5H,4H2,1H3. The second-order valence-electron chi connectivity index (χ2n) is 2.55. The maximum absolute atomic E-state index is 10.5. The van der Waals surface area contributed by atoms with Crippen LogP contribution in [0.15, 0.2) is 0 Å². The van der Waals surface area contributed by atoms with Crippen LogP contribution in [0.25, 0.3) is 0 Å². The predicted molar refractivity (Wildman–Crippen MR) is 40.4 cm³/mol. The Morgan fingerprint density at radius 3 is 1.43 bits per heavy atom. The molecule has 0 aromatic heterocycles. The van der Waals surface area contributed by atoms with Gasteiger partial charge in [0.2, 0.25) is 0 Å². The molecule has 4 unspecified atom stereocenters. The molecule has 0 aliphatic carbocycles. The lowest BCUT2D eigenvalue weighted by atomic mass is 10.4. The number of nitrogens with two attached hydrogens (primary N) is 1.